The van der Waals surface area contributed by atoms with Crippen molar-refractivity contribution in [3.63, 3.8) is 0 Å². The Hall–Kier alpha value is -0.570. The van der Waals surface area contributed by atoms with Crippen LogP contribution in [0, 0.1) is 6.92 Å². The van der Waals surface area contributed by atoms with E-state index in [4.69, 9.17) is 11.6 Å². The molecule has 0 bridgehead atoms. The predicted octanol–water partition coefficient (Wildman–Crippen LogP) is 3.51. The Morgan fingerprint density at radius 3 is 2.44 bits per heavy atom. The van der Waals surface area contributed by atoms with E-state index in [1.165, 1.54) is 11.1 Å². The molecule has 0 amide bonds. The van der Waals surface area contributed by atoms with Crippen LogP contribution in [0.15, 0.2) is 18.2 Å². The van der Waals surface area contributed by atoms with E-state index in [0.29, 0.717) is 6.04 Å². The molecule has 1 aromatic rings. The molecular weight excluding hydrogens is 244 g/mol. The van der Waals surface area contributed by atoms with Gasteiger partial charge in [0.25, 0.3) is 0 Å². The summed E-state index contributed by atoms with van der Waals surface area (Å²) in [7, 11) is 0. The first-order valence-electron chi connectivity index (χ1n) is 6.51. The molecule has 1 unspecified atom stereocenters. The second-order valence-electron chi connectivity index (χ2n) is 6.05. The first-order chi connectivity index (χ1) is 8.26. The molecule has 1 rings (SSSR count). The van der Waals surface area contributed by atoms with Crippen molar-refractivity contribution in [2.75, 3.05) is 6.54 Å². The monoisotopic (exact) mass is 268 g/mol. The summed E-state index contributed by atoms with van der Waals surface area (Å²) >= 11 is 6.05. The summed E-state index contributed by atoms with van der Waals surface area (Å²) in [5.41, 5.74) is 2.62. The van der Waals surface area contributed by atoms with Gasteiger partial charge in [-0.3, -0.25) is 0 Å². The topological polar surface area (TPSA) is 24.1 Å². The summed E-state index contributed by atoms with van der Waals surface area (Å²) in [5.74, 6) is 0. The van der Waals surface area contributed by atoms with Crippen molar-refractivity contribution >= 4 is 11.6 Å². The first kappa shape index (κ1) is 15.5. The fourth-order valence-corrected chi connectivity index (χ4v) is 2.05. The van der Waals surface area contributed by atoms with E-state index in [2.05, 4.69) is 51.3 Å². The fraction of sp³-hybridized carbons (Fsp3) is 0.600. The van der Waals surface area contributed by atoms with Gasteiger partial charge in [-0.2, -0.15) is 0 Å². The van der Waals surface area contributed by atoms with Gasteiger partial charge in [0.2, 0.25) is 0 Å². The van der Waals surface area contributed by atoms with Gasteiger partial charge in [-0.25, -0.2) is 0 Å². The molecule has 18 heavy (non-hydrogen) atoms. The average Bonchev–Trinajstić information content (AvgIpc) is 2.21. The molecule has 0 fully saturated rings. The van der Waals surface area contributed by atoms with Gasteiger partial charge in [0.1, 0.15) is 0 Å². The van der Waals surface area contributed by atoms with Gasteiger partial charge in [-0.1, -0.05) is 17.7 Å². The molecule has 0 heterocycles. The maximum atomic E-state index is 6.05. The third kappa shape index (κ3) is 6.39. The van der Waals surface area contributed by atoms with Crippen LogP contribution in [0.2, 0.25) is 5.02 Å². The minimum Gasteiger partial charge on any atom is -0.311 e. The van der Waals surface area contributed by atoms with Crippen LogP contribution >= 0.6 is 11.6 Å². The number of benzene rings is 1. The summed E-state index contributed by atoms with van der Waals surface area (Å²) in [6.07, 6.45) is 0. The van der Waals surface area contributed by atoms with Crippen LogP contribution in [0.5, 0.6) is 0 Å². The molecule has 1 aromatic carbocycles. The molecule has 102 valence electrons. The van der Waals surface area contributed by atoms with Crippen molar-refractivity contribution in [3.8, 4) is 0 Å². The average molecular weight is 269 g/mol. The van der Waals surface area contributed by atoms with Crippen LogP contribution in [0.25, 0.3) is 0 Å². The Morgan fingerprint density at radius 2 is 1.89 bits per heavy atom. The van der Waals surface area contributed by atoms with Crippen LogP contribution < -0.4 is 10.6 Å². The summed E-state index contributed by atoms with van der Waals surface area (Å²) in [6, 6.07) is 6.60. The summed E-state index contributed by atoms with van der Waals surface area (Å²) in [4.78, 5) is 0. The lowest BCUT2D eigenvalue weighted by Gasteiger charge is -2.24. The minimum absolute atomic E-state index is 0.169. The maximum absolute atomic E-state index is 6.05. The zero-order valence-electron chi connectivity index (χ0n) is 12.1. The summed E-state index contributed by atoms with van der Waals surface area (Å²) in [6.45, 7) is 12.6. The highest BCUT2D eigenvalue weighted by molar-refractivity contribution is 6.30. The molecule has 2 nitrogen and oxygen atoms in total. The Morgan fingerprint density at radius 1 is 1.22 bits per heavy atom. The number of hydrogen-bond acceptors (Lipinski definition) is 2. The van der Waals surface area contributed by atoms with Gasteiger partial charge in [0.05, 0.1) is 0 Å². The maximum Gasteiger partial charge on any atom is 0.0411 e. The number of hydrogen-bond donors (Lipinski definition) is 2. The van der Waals surface area contributed by atoms with Crippen LogP contribution in [0.1, 0.15) is 38.8 Å². The highest BCUT2D eigenvalue weighted by Gasteiger charge is 2.10. The first-order valence-corrected chi connectivity index (χ1v) is 6.88. The lowest BCUT2D eigenvalue weighted by Crippen LogP contribution is -2.44. The van der Waals surface area contributed by atoms with Crippen LogP contribution in [-0.4, -0.2) is 18.1 Å². The molecule has 0 aromatic heterocycles. The SMILES string of the molecule is Cc1cc(Cl)cc(CNC(C)CNC(C)(C)C)c1. The van der Waals surface area contributed by atoms with Gasteiger partial charge >= 0.3 is 0 Å². The second kappa shape index (κ2) is 6.55. The zero-order chi connectivity index (χ0) is 13.8. The van der Waals surface area contributed by atoms with Crippen LogP contribution in [-0.2, 0) is 6.54 Å². The molecule has 0 saturated heterocycles. The van der Waals surface area contributed by atoms with Crippen LogP contribution in [0.4, 0.5) is 0 Å². The van der Waals surface area contributed by atoms with E-state index in [1.807, 2.05) is 12.1 Å². The lowest BCUT2D eigenvalue weighted by molar-refractivity contribution is 0.387. The fourth-order valence-electron chi connectivity index (χ4n) is 1.74. The highest BCUT2D eigenvalue weighted by Crippen LogP contribution is 2.14. The molecule has 0 aliphatic rings. The van der Waals surface area contributed by atoms with Gasteiger partial charge in [-0.15, -0.1) is 0 Å². The van der Waals surface area contributed by atoms with E-state index in [0.717, 1.165) is 18.1 Å². The summed E-state index contributed by atoms with van der Waals surface area (Å²) in [5, 5.41) is 7.81. The molecule has 0 aliphatic carbocycles. The number of rotatable bonds is 5. The van der Waals surface area contributed by atoms with Crippen molar-refractivity contribution in [3.05, 3.63) is 34.3 Å². The lowest BCUT2D eigenvalue weighted by atomic mass is 10.1. The number of nitrogens with one attached hydrogen (secondary N) is 2. The zero-order valence-corrected chi connectivity index (χ0v) is 12.9. The third-order valence-corrected chi connectivity index (χ3v) is 2.91. The molecule has 0 saturated carbocycles. The van der Waals surface area contributed by atoms with E-state index < -0.39 is 0 Å². The van der Waals surface area contributed by atoms with Crippen LogP contribution in [0.3, 0.4) is 0 Å². The van der Waals surface area contributed by atoms with Crippen molar-refractivity contribution in [1.29, 1.82) is 0 Å². The Bertz CT molecular complexity index is 362. The second-order valence-corrected chi connectivity index (χ2v) is 6.49. The van der Waals surface area contributed by atoms with Gasteiger partial charge in [0, 0.05) is 29.7 Å². The molecular formula is C15H25ClN2. The quantitative estimate of drug-likeness (QED) is 0.854. The minimum atomic E-state index is 0.169. The smallest absolute Gasteiger partial charge is 0.0411 e. The standard InChI is InChI=1S/C15H25ClN2/c1-11-6-13(8-14(16)7-11)10-17-12(2)9-18-15(3,4)5/h6-8,12,17-18H,9-10H2,1-5H3. The predicted molar refractivity (Wildman–Crippen MR) is 80.2 cm³/mol. The molecule has 0 radical (unpaired) electrons. The largest absolute Gasteiger partial charge is 0.311 e. The van der Waals surface area contributed by atoms with E-state index in [-0.39, 0.29) is 5.54 Å². The molecule has 1 atom stereocenters. The van der Waals surface area contributed by atoms with E-state index in [1.54, 1.807) is 0 Å². The van der Waals surface area contributed by atoms with Gasteiger partial charge in [-0.05, 0) is 57.9 Å². The molecule has 2 N–H and O–H groups in total. The Balaban J connectivity index is 2.40. The highest BCUT2D eigenvalue weighted by atomic mass is 35.5. The summed E-state index contributed by atoms with van der Waals surface area (Å²) < 4.78 is 0. The molecule has 0 spiro atoms. The normalized spacial score (nSPS) is 13.7. The van der Waals surface area contributed by atoms with Crippen molar-refractivity contribution in [2.24, 2.45) is 0 Å². The third-order valence-electron chi connectivity index (χ3n) is 2.70. The Kier molecular flexibility index (Phi) is 5.64. The Labute approximate surface area is 116 Å². The molecule has 3 heteroatoms. The molecule has 0 aliphatic heterocycles. The number of halogens is 1. The van der Waals surface area contributed by atoms with Gasteiger partial charge in [0.15, 0.2) is 0 Å². The van der Waals surface area contributed by atoms with E-state index in [9.17, 15) is 0 Å². The van der Waals surface area contributed by atoms with Crippen molar-refractivity contribution in [1.82, 2.24) is 10.6 Å². The number of aryl methyl sites for hydroxylation is 1. The van der Waals surface area contributed by atoms with E-state index >= 15 is 0 Å². The van der Waals surface area contributed by atoms with Gasteiger partial charge < -0.3 is 10.6 Å². The van der Waals surface area contributed by atoms with Crippen molar-refractivity contribution in [2.45, 2.75) is 52.7 Å². The van der Waals surface area contributed by atoms with Crippen molar-refractivity contribution < 1.29 is 0 Å².